The lowest BCUT2D eigenvalue weighted by Gasteiger charge is -2.14. The number of halogens is 2. The number of carbonyl (C=O) groups excluding carboxylic acids is 1. The quantitative estimate of drug-likeness (QED) is 0.733. The standard InChI is InChI=1S/C17H24N4O.2ClH/c1-13(12-21-10-9-19-14(21)2)11-20-17(22)8-7-15-5-3-4-6-16(15)18;;/h3-6,9-10,13H,7-8,11-12,18H2,1-2H3,(H,20,22);2*1H. The van der Waals surface area contributed by atoms with Crippen LogP contribution in [0.5, 0.6) is 0 Å². The summed E-state index contributed by atoms with van der Waals surface area (Å²) >= 11 is 0. The Morgan fingerprint density at radius 1 is 1.33 bits per heavy atom. The molecule has 0 bridgehead atoms. The van der Waals surface area contributed by atoms with Gasteiger partial charge >= 0.3 is 0 Å². The van der Waals surface area contributed by atoms with Gasteiger partial charge in [0.05, 0.1) is 0 Å². The molecule has 1 aromatic heterocycles. The molecule has 3 N–H and O–H groups in total. The highest BCUT2D eigenvalue weighted by Crippen LogP contribution is 2.12. The number of aryl methyl sites for hydroxylation is 2. The predicted octanol–water partition coefficient (Wildman–Crippen LogP) is 3.00. The molecule has 0 saturated heterocycles. The maximum absolute atomic E-state index is 11.9. The number of para-hydroxylation sites is 1. The Morgan fingerprint density at radius 2 is 2.04 bits per heavy atom. The molecule has 1 aromatic carbocycles. The van der Waals surface area contributed by atoms with Crippen molar-refractivity contribution in [3.63, 3.8) is 0 Å². The number of amides is 1. The lowest BCUT2D eigenvalue weighted by molar-refractivity contribution is -0.121. The van der Waals surface area contributed by atoms with Crippen LogP contribution in [0.4, 0.5) is 5.69 Å². The summed E-state index contributed by atoms with van der Waals surface area (Å²) in [4.78, 5) is 16.1. The normalized spacial score (nSPS) is 11.1. The fraction of sp³-hybridized carbons (Fsp3) is 0.412. The van der Waals surface area contributed by atoms with Gasteiger partial charge in [0.1, 0.15) is 5.82 Å². The van der Waals surface area contributed by atoms with Gasteiger partial charge in [-0.2, -0.15) is 0 Å². The first-order chi connectivity index (χ1) is 10.6. The van der Waals surface area contributed by atoms with E-state index >= 15 is 0 Å². The predicted molar refractivity (Wildman–Crippen MR) is 103 cm³/mol. The van der Waals surface area contributed by atoms with E-state index in [1.165, 1.54) is 0 Å². The maximum Gasteiger partial charge on any atom is 0.220 e. The highest BCUT2D eigenvalue weighted by Gasteiger charge is 2.08. The average Bonchev–Trinajstić information content (AvgIpc) is 2.89. The maximum atomic E-state index is 11.9. The van der Waals surface area contributed by atoms with Gasteiger partial charge < -0.3 is 15.6 Å². The van der Waals surface area contributed by atoms with Crippen LogP contribution in [0, 0.1) is 12.8 Å². The van der Waals surface area contributed by atoms with E-state index in [0.717, 1.165) is 23.6 Å². The Hall–Kier alpha value is -1.72. The van der Waals surface area contributed by atoms with Gasteiger partial charge in [0, 0.05) is 37.6 Å². The van der Waals surface area contributed by atoms with Crippen molar-refractivity contribution in [1.82, 2.24) is 14.9 Å². The number of rotatable bonds is 7. The number of benzene rings is 1. The van der Waals surface area contributed by atoms with Crippen LogP contribution in [0.1, 0.15) is 24.7 Å². The van der Waals surface area contributed by atoms with Crippen molar-refractivity contribution < 1.29 is 4.79 Å². The van der Waals surface area contributed by atoms with Crippen molar-refractivity contribution >= 4 is 36.4 Å². The minimum Gasteiger partial charge on any atom is -0.399 e. The van der Waals surface area contributed by atoms with E-state index < -0.39 is 0 Å². The molecule has 0 aliphatic carbocycles. The molecule has 134 valence electrons. The van der Waals surface area contributed by atoms with E-state index in [-0.39, 0.29) is 30.7 Å². The molecule has 0 aliphatic rings. The lowest BCUT2D eigenvalue weighted by atomic mass is 10.1. The molecule has 2 aromatic rings. The molecule has 7 heteroatoms. The molecule has 0 spiro atoms. The summed E-state index contributed by atoms with van der Waals surface area (Å²) in [6, 6.07) is 7.67. The molecule has 24 heavy (non-hydrogen) atoms. The molecule has 1 atom stereocenters. The molecule has 1 amide bonds. The van der Waals surface area contributed by atoms with Crippen LogP contribution < -0.4 is 11.1 Å². The second-order valence-electron chi connectivity index (χ2n) is 5.73. The largest absolute Gasteiger partial charge is 0.399 e. The van der Waals surface area contributed by atoms with Crippen LogP contribution in [-0.4, -0.2) is 22.0 Å². The molecule has 2 rings (SSSR count). The van der Waals surface area contributed by atoms with Gasteiger partial charge in [-0.3, -0.25) is 4.79 Å². The smallest absolute Gasteiger partial charge is 0.220 e. The third kappa shape index (κ3) is 6.81. The van der Waals surface area contributed by atoms with Gasteiger partial charge in [-0.05, 0) is 30.9 Å². The highest BCUT2D eigenvalue weighted by molar-refractivity contribution is 5.85. The molecule has 0 aliphatic heterocycles. The van der Waals surface area contributed by atoms with Crippen LogP contribution >= 0.6 is 24.8 Å². The highest BCUT2D eigenvalue weighted by atomic mass is 35.5. The zero-order chi connectivity index (χ0) is 15.9. The summed E-state index contributed by atoms with van der Waals surface area (Å²) in [5, 5.41) is 2.99. The Kier molecular flexibility index (Phi) is 10.2. The van der Waals surface area contributed by atoms with E-state index in [9.17, 15) is 4.79 Å². The number of hydrogen-bond donors (Lipinski definition) is 2. The van der Waals surface area contributed by atoms with Crippen molar-refractivity contribution in [1.29, 1.82) is 0 Å². The van der Waals surface area contributed by atoms with E-state index in [1.807, 2.05) is 37.4 Å². The van der Waals surface area contributed by atoms with Gasteiger partial charge in [0.2, 0.25) is 5.91 Å². The Morgan fingerprint density at radius 3 is 2.67 bits per heavy atom. The van der Waals surface area contributed by atoms with E-state index in [2.05, 4.69) is 21.8 Å². The number of imidazole rings is 1. The lowest BCUT2D eigenvalue weighted by Crippen LogP contribution is -2.30. The number of nitrogens with two attached hydrogens (primary N) is 1. The van der Waals surface area contributed by atoms with Crippen LogP contribution in [0.3, 0.4) is 0 Å². The summed E-state index contributed by atoms with van der Waals surface area (Å²) in [7, 11) is 0. The summed E-state index contributed by atoms with van der Waals surface area (Å²) in [6.07, 6.45) is 4.90. The van der Waals surface area contributed by atoms with Crippen LogP contribution in [-0.2, 0) is 17.8 Å². The molecule has 0 radical (unpaired) electrons. The fourth-order valence-corrected chi connectivity index (χ4v) is 2.38. The second kappa shape index (κ2) is 10.9. The molecule has 1 unspecified atom stereocenters. The molecule has 0 saturated carbocycles. The van der Waals surface area contributed by atoms with Crippen LogP contribution in [0.25, 0.3) is 0 Å². The number of nitrogens with one attached hydrogen (secondary N) is 1. The van der Waals surface area contributed by atoms with E-state index in [1.54, 1.807) is 6.20 Å². The van der Waals surface area contributed by atoms with Crippen molar-refractivity contribution in [2.45, 2.75) is 33.2 Å². The van der Waals surface area contributed by atoms with Gasteiger partial charge in [0.25, 0.3) is 0 Å². The molecule has 5 nitrogen and oxygen atoms in total. The number of nitrogens with zero attached hydrogens (tertiary/aromatic N) is 2. The summed E-state index contributed by atoms with van der Waals surface area (Å²) in [6.45, 7) is 5.63. The minimum absolute atomic E-state index is 0. The number of nitrogen functional groups attached to an aromatic ring is 1. The number of hydrogen-bond acceptors (Lipinski definition) is 3. The van der Waals surface area contributed by atoms with E-state index in [0.29, 0.717) is 25.3 Å². The van der Waals surface area contributed by atoms with Crippen LogP contribution in [0.15, 0.2) is 36.7 Å². The third-order valence-electron chi connectivity index (χ3n) is 3.76. The SMILES string of the molecule is Cc1nccn1CC(C)CNC(=O)CCc1ccccc1N.Cl.Cl. The molecule has 0 fully saturated rings. The number of carbonyl (C=O) groups is 1. The second-order valence-corrected chi connectivity index (χ2v) is 5.73. The molecule has 1 heterocycles. The monoisotopic (exact) mass is 372 g/mol. The Bertz CT molecular complexity index is 631. The van der Waals surface area contributed by atoms with Crippen molar-refractivity contribution in [2.24, 2.45) is 5.92 Å². The number of anilines is 1. The van der Waals surface area contributed by atoms with Gasteiger partial charge in [-0.15, -0.1) is 24.8 Å². The average molecular weight is 373 g/mol. The Balaban J connectivity index is 0.00000264. The first kappa shape index (κ1) is 22.3. The Labute approximate surface area is 155 Å². The topological polar surface area (TPSA) is 72.9 Å². The summed E-state index contributed by atoms with van der Waals surface area (Å²) < 4.78 is 2.10. The summed E-state index contributed by atoms with van der Waals surface area (Å²) in [5.41, 5.74) is 7.66. The van der Waals surface area contributed by atoms with Crippen molar-refractivity contribution in [3.8, 4) is 0 Å². The van der Waals surface area contributed by atoms with E-state index in [4.69, 9.17) is 5.73 Å². The van der Waals surface area contributed by atoms with Crippen LogP contribution in [0.2, 0.25) is 0 Å². The fourth-order valence-electron chi connectivity index (χ4n) is 2.38. The first-order valence-electron chi connectivity index (χ1n) is 7.64. The van der Waals surface area contributed by atoms with Crippen molar-refractivity contribution in [3.05, 3.63) is 48.0 Å². The zero-order valence-corrected chi connectivity index (χ0v) is 15.7. The number of aromatic nitrogens is 2. The van der Waals surface area contributed by atoms with Gasteiger partial charge in [0.15, 0.2) is 0 Å². The first-order valence-corrected chi connectivity index (χ1v) is 7.64. The minimum atomic E-state index is 0. The molecular formula is C17H26Cl2N4O. The van der Waals surface area contributed by atoms with Gasteiger partial charge in [-0.25, -0.2) is 4.98 Å². The zero-order valence-electron chi connectivity index (χ0n) is 14.1. The van der Waals surface area contributed by atoms with Crippen molar-refractivity contribution in [2.75, 3.05) is 12.3 Å². The third-order valence-corrected chi connectivity index (χ3v) is 3.76. The van der Waals surface area contributed by atoms with Gasteiger partial charge in [-0.1, -0.05) is 25.1 Å². The molecular weight excluding hydrogens is 347 g/mol. The summed E-state index contributed by atoms with van der Waals surface area (Å²) in [5.74, 6) is 1.42.